The standard InChI is InChI=1S/C7H7N.C7H9N.C7H7N/c1-2-7-3-5-8-6-4-7;1-2-8-6-4-3-5-7-8;1-2-7-5-3-4-6-8-7/h2-6H,1H2;2-6H,1,7H2;2-6H,1H2. The molecule has 3 heterocycles. The van der Waals surface area contributed by atoms with Crippen LogP contribution < -0.4 is 0 Å². The van der Waals surface area contributed by atoms with Gasteiger partial charge < -0.3 is 4.90 Å². The van der Waals surface area contributed by atoms with E-state index in [4.69, 9.17) is 0 Å². The van der Waals surface area contributed by atoms with Crippen molar-refractivity contribution in [3.05, 3.63) is 111 Å². The first-order valence-electron chi connectivity index (χ1n) is 7.57. The molecule has 2 aromatic heterocycles. The van der Waals surface area contributed by atoms with Gasteiger partial charge in [0.25, 0.3) is 0 Å². The van der Waals surface area contributed by atoms with Crippen LogP contribution in [0.25, 0.3) is 12.2 Å². The summed E-state index contributed by atoms with van der Waals surface area (Å²) >= 11 is 0. The first-order chi connectivity index (χ1) is 11.8. The van der Waals surface area contributed by atoms with Gasteiger partial charge in [-0.3, -0.25) is 9.97 Å². The van der Waals surface area contributed by atoms with Crippen LogP contribution in [0.5, 0.6) is 0 Å². The van der Waals surface area contributed by atoms with Crippen LogP contribution in [0.2, 0.25) is 0 Å². The van der Waals surface area contributed by atoms with Gasteiger partial charge in [-0.05, 0) is 48.2 Å². The zero-order chi connectivity index (χ0) is 17.5. The molecule has 3 rings (SSSR count). The van der Waals surface area contributed by atoms with Gasteiger partial charge in [-0.25, -0.2) is 0 Å². The molecule has 0 spiro atoms. The van der Waals surface area contributed by atoms with Gasteiger partial charge in [0.05, 0.1) is 5.69 Å². The van der Waals surface area contributed by atoms with Crippen molar-refractivity contribution in [2.75, 3.05) is 6.54 Å². The molecule has 122 valence electrons. The molecule has 0 radical (unpaired) electrons. The summed E-state index contributed by atoms with van der Waals surface area (Å²) in [5.41, 5.74) is 2.03. The summed E-state index contributed by atoms with van der Waals surface area (Å²) < 4.78 is 0. The van der Waals surface area contributed by atoms with E-state index in [-0.39, 0.29) is 0 Å². The molecule has 0 fully saturated rings. The second-order valence-corrected chi connectivity index (χ2v) is 4.59. The molecule has 0 unspecified atom stereocenters. The average molecular weight is 317 g/mol. The summed E-state index contributed by atoms with van der Waals surface area (Å²) in [4.78, 5) is 9.84. The summed E-state index contributed by atoms with van der Waals surface area (Å²) in [5.74, 6) is 0. The van der Waals surface area contributed by atoms with E-state index in [0.29, 0.717) is 0 Å². The van der Waals surface area contributed by atoms with E-state index in [1.165, 1.54) is 0 Å². The molecule has 3 heteroatoms. The Hall–Kier alpha value is -3.20. The molecule has 1 aliphatic heterocycles. The average Bonchev–Trinajstić information content (AvgIpc) is 2.71. The van der Waals surface area contributed by atoms with Gasteiger partial charge in [0.1, 0.15) is 0 Å². The monoisotopic (exact) mass is 317 g/mol. The predicted octanol–water partition coefficient (Wildman–Crippen LogP) is 4.96. The number of pyridine rings is 2. The number of allylic oxidation sites excluding steroid dienone is 2. The van der Waals surface area contributed by atoms with Gasteiger partial charge >= 0.3 is 0 Å². The Kier molecular flexibility index (Phi) is 9.70. The molecule has 1 aliphatic rings. The van der Waals surface area contributed by atoms with Crippen LogP contribution in [0, 0.1) is 0 Å². The van der Waals surface area contributed by atoms with Crippen molar-refractivity contribution in [3.63, 3.8) is 0 Å². The number of hydrogen-bond acceptors (Lipinski definition) is 3. The normalized spacial score (nSPS) is 11.2. The van der Waals surface area contributed by atoms with Crippen LogP contribution >= 0.6 is 0 Å². The van der Waals surface area contributed by atoms with Crippen molar-refractivity contribution < 1.29 is 0 Å². The molecule has 2 aromatic rings. The Bertz CT molecular complexity index is 614. The lowest BCUT2D eigenvalue weighted by molar-refractivity contribution is 0.562. The Morgan fingerprint density at radius 3 is 2.08 bits per heavy atom. The SMILES string of the molecule is C=CN1C=CC=CC1.C=Cc1ccccn1.C=Cc1ccncc1. The highest BCUT2D eigenvalue weighted by molar-refractivity contribution is 5.44. The molecular formula is C21H23N3. The molecule has 24 heavy (non-hydrogen) atoms. The number of aromatic nitrogens is 2. The minimum Gasteiger partial charge on any atom is -0.351 e. The molecule has 0 amide bonds. The fourth-order valence-electron chi connectivity index (χ4n) is 1.61. The van der Waals surface area contributed by atoms with Crippen LogP contribution in [0.15, 0.2) is 99.3 Å². The highest BCUT2D eigenvalue weighted by atomic mass is 15.1. The van der Waals surface area contributed by atoms with Crippen LogP contribution in [0.1, 0.15) is 11.3 Å². The third-order valence-corrected chi connectivity index (χ3v) is 2.91. The Balaban J connectivity index is 0.000000180. The molecule has 0 bridgehead atoms. The molecule has 0 atom stereocenters. The van der Waals surface area contributed by atoms with Crippen molar-refractivity contribution >= 4 is 12.2 Å². The highest BCUT2D eigenvalue weighted by Crippen LogP contribution is 1.96. The maximum atomic E-state index is 3.98. The smallest absolute Gasteiger partial charge is 0.0623 e. The lowest BCUT2D eigenvalue weighted by Gasteiger charge is -2.13. The van der Waals surface area contributed by atoms with Crippen molar-refractivity contribution in [2.45, 2.75) is 0 Å². The van der Waals surface area contributed by atoms with E-state index in [9.17, 15) is 0 Å². The fraction of sp³-hybridized carbons (Fsp3) is 0.0476. The van der Waals surface area contributed by atoms with E-state index in [1.54, 1.807) is 36.9 Å². The quantitative estimate of drug-likeness (QED) is 0.801. The van der Waals surface area contributed by atoms with Gasteiger partial charge in [-0.1, -0.05) is 44.0 Å². The molecule has 0 aromatic carbocycles. The first-order valence-corrected chi connectivity index (χ1v) is 7.57. The van der Waals surface area contributed by atoms with Crippen molar-refractivity contribution in [1.29, 1.82) is 0 Å². The summed E-state index contributed by atoms with van der Waals surface area (Å²) in [6.07, 6.45) is 18.7. The molecule has 0 saturated heterocycles. The first kappa shape index (κ1) is 18.8. The van der Waals surface area contributed by atoms with Crippen LogP contribution in [-0.4, -0.2) is 21.4 Å². The minimum atomic E-state index is 0.924. The Morgan fingerprint density at radius 1 is 0.917 bits per heavy atom. The van der Waals surface area contributed by atoms with Crippen LogP contribution in [0.3, 0.4) is 0 Å². The third-order valence-electron chi connectivity index (χ3n) is 2.91. The molecule has 3 nitrogen and oxygen atoms in total. The molecule has 0 saturated carbocycles. The van der Waals surface area contributed by atoms with Crippen molar-refractivity contribution in [3.8, 4) is 0 Å². The molecule has 0 aliphatic carbocycles. The zero-order valence-corrected chi connectivity index (χ0v) is 13.8. The van der Waals surface area contributed by atoms with Crippen molar-refractivity contribution in [2.24, 2.45) is 0 Å². The maximum absolute atomic E-state index is 3.98. The largest absolute Gasteiger partial charge is 0.351 e. The highest BCUT2D eigenvalue weighted by Gasteiger charge is 1.89. The summed E-state index contributed by atoms with van der Waals surface area (Å²) in [6, 6.07) is 9.55. The van der Waals surface area contributed by atoms with Gasteiger partial charge in [-0.2, -0.15) is 0 Å². The van der Waals surface area contributed by atoms with Crippen LogP contribution in [0.4, 0.5) is 0 Å². The van der Waals surface area contributed by atoms with Gasteiger partial charge in [0.15, 0.2) is 0 Å². The van der Waals surface area contributed by atoms with E-state index in [2.05, 4.69) is 35.8 Å². The van der Waals surface area contributed by atoms with Gasteiger partial charge in [0.2, 0.25) is 0 Å². The Morgan fingerprint density at radius 2 is 1.71 bits per heavy atom. The maximum Gasteiger partial charge on any atom is 0.0623 e. The second kappa shape index (κ2) is 12.4. The zero-order valence-electron chi connectivity index (χ0n) is 13.8. The number of nitrogens with zero attached hydrogens (tertiary/aromatic N) is 3. The van der Waals surface area contributed by atoms with E-state index < -0.39 is 0 Å². The molecule has 0 N–H and O–H groups in total. The topological polar surface area (TPSA) is 29.0 Å². The van der Waals surface area contributed by atoms with E-state index in [0.717, 1.165) is 17.8 Å². The Labute approximate surface area is 144 Å². The lowest BCUT2D eigenvalue weighted by Crippen LogP contribution is -2.09. The van der Waals surface area contributed by atoms with Gasteiger partial charge in [-0.15, -0.1) is 0 Å². The number of rotatable bonds is 3. The fourth-order valence-corrected chi connectivity index (χ4v) is 1.61. The predicted molar refractivity (Wildman–Crippen MR) is 104 cm³/mol. The molecular weight excluding hydrogens is 294 g/mol. The second-order valence-electron chi connectivity index (χ2n) is 4.59. The number of hydrogen-bond donors (Lipinski definition) is 0. The summed E-state index contributed by atoms with van der Waals surface area (Å²) in [7, 11) is 0. The van der Waals surface area contributed by atoms with Crippen molar-refractivity contribution in [1.82, 2.24) is 14.9 Å². The van der Waals surface area contributed by atoms with Crippen LogP contribution in [-0.2, 0) is 0 Å². The summed E-state index contributed by atoms with van der Waals surface area (Å²) in [5, 5.41) is 0. The minimum absolute atomic E-state index is 0.924. The lowest BCUT2D eigenvalue weighted by atomic mass is 10.3. The van der Waals surface area contributed by atoms with E-state index in [1.807, 2.05) is 53.6 Å². The third kappa shape index (κ3) is 8.29. The van der Waals surface area contributed by atoms with Gasteiger partial charge in [0, 0.05) is 31.3 Å². The summed E-state index contributed by atoms with van der Waals surface area (Å²) in [6.45, 7) is 11.8. The van der Waals surface area contributed by atoms with E-state index >= 15 is 0 Å².